The van der Waals surface area contributed by atoms with E-state index >= 15 is 0 Å². The van der Waals surface area contributed by atoms with Crippen LogP contribution in [-0.2, 0) is 0 Å². The van der Waals surface area contributed by atoms with Crippen LogP contribution < -0.4 is 10.1 Å². The Hall–Kier alpha value is -3.71. The van der Waals surface area contributed by atoms with Crippen LogP contribution in [0.3, 0.4) is 0 Å². The van der Waals surface area contributed by atoms with E-state index in [2.05, 4.69) is 15.4 Å². The lowest BCUT2D eigenvalue weighted by Crippen LogP contribution is -2.32. The van der Waals surface area contributed by atoms with Gasteiger partial charge < -0.3 is 10.1 Å². The molecule has 158 valence electrons. The predicted octanol–water partition coefficient (Wildman–Crippen LogP) is 5.77. The smallest absolute Gasteiger partial charge is 0.226 e. The molecule has 2 aliphatic heterocycles. The van der Waals surface area contributed by atoms with Gasteiger partial charge in [-0.05, 0) is 53.6 Å². The lowest BCUT2D eigenvalue weighted by molar-refractivity contribution is 0.223. The van der Waals surface area contributed by atoms with E-state index in [1.54, 1.807) is 35.0 Å². The molecule has 0 aliphatic carbocycles. The number of rotatable bonds is 2. The Bertz CT molecular complexity index is 1370. The molecular formula is C24H15ClF2N4O. The number of nitrogens with zero attached hydrogens (tertiary/aromatic N) is 3. The van der Waals surface area contributed by atoms with Gasteiger partial charge in [0.25, 0.3) is 0 Å². The molecule has 0 bridgehead atoms. The normalized spacial score (nSPS) is 18.8. The average molecular weight is 449 g/mol. The molecule has 2 aliphatic rings. The predicted molar refractivity (Wildman–Crippen MR) is 116 cm³/mol. The molecule has 0 radical (unpaired) electrons. The van der Waals surface area contributed by atoms with Gasteiger partial charge in [-0.3, -0.25) is 0 Å². The highest BCUT2D eigenvalue weighted by Gasteiger charge is 2.41. The number of anilines is 1. The molecule has 0 saturated carbocycles. The molecular weight excluding hydrogens is 434 g/mol. The molecule has 32 heavy (non-hydrogen) atoms. The highest BCUT2D eigenvalue weighted by molar-refractivity contribution is 6.30. The van der Waals surface area contributed by atoms with Gasteiger partial charge in [0.1, 0.15) is 35.9 Å². The topological polar surface area (TPSA) is 52.0 Å². The highest BCUT2D eigenvalue weighted by atomic mass is 35.5. The summed E-state index contributed by atoms with van der Waals surface area (Å²) in [6.45, 7) is 0. The second-order valence-electron chi connectivity index (χ2n) is 7.63. The van der Waals surface area contributed by atoms with Crippen LogP contribution in [0, 0.1) is 11.6 Å². The first kappa shape index (κ1) is 19.0. The van der Waals surface area contributed by atoms with Crippen LogP contribution in [0.25, 0.3) is 5.70 Å². The molecule has 3 aromatic carbocycles. The van der Waals surface area contributed by atoms with Crippen LogP contribution in [0.1, 0.15) is 28.8 Å². The number of ether oxygens (including phenoxy) is 1. The van der Waals surface area contributed by atoms with Crippen molar-refractivity contribution in [3.63, 3.8) is 0 Å². The van der Waals surface area contributed by atoms with E-state index in [4.69, 9.17) is 16.3 Å². The molecule has 0 spiro atoms. The molecule has 2 unspecified atom stereocenters. The quantitative estimate of drug-likeness (QED) is 0.423. The third-order valence-corrected chi connectivity index (χ3v) is 5.97. The average Bonchev–Trinajstić information content (AvgIpc) is 3.27. The van der Waals surface area contributed by atoms with E-state index in [1.165, 1.54) is 30.6 Å². The number of nitrogens with one attached hydrogen (secondary N) is 1. The van der Waals surface area contributed by atoms with E-state index in [1.807, 2.05) is 12.1 Å². The minimum atomic E-state index is -0.542. The largest absolute Gasteiger partial charge is 0.480 e. The summed E-state index contributed by atoms with van der Waals surface area (Å²) in [5, 5.41) is 8.35. The standard InChI is InChI=1S/C24H15ClF2N4O/c25-15-5-10-19-18(11-15)21-20(23(32-19)14-3-8-17(27)9-4-14)22(13-1-6-16(26)7-2-13)31-24(30-21)28-12-29-31/h1-12,22-23H,(H,28,29,30). The molecule has 0 amide bonds. The van der Waals surface area contributed by atoms with Crippen molar-refractivity contribution in [1.82, 2.24) is 14.8 Å². The zero-order valence-electron chi connectivity index (χ0n) is 16.5. The third-order valence-electron chi connectivity index (χ3n) is 5.73. The Labute approximate surface area is 186 Å². The fourth-order valence-corrected chi connectivity index (χ4v) is 4.49. The van der Waals surface area contributed by atoms with Gasteiger partial charge in [0, 0.05) is 16.2 Å². The first-order chi connectivity index (χ1) is 15.6. The molecule has 6 rings (SSSR count). The van der Waals surface area contributed by atoms with Crippen LogP contribution in [0.5, 0.6) is 5.75 Å². The van der Waals surface area contributed by atoms with Gasteiger partial charge in [0.2, 0.25) is 5.95 Å². The van der Waals surface area contributed by atoms with E-state index in [0.29, 0.717) is 16.7 Å². The van der Waals surface area contributed by atoms with Gasteiger partial charge in [-0.2, -0.15) is 10.1 Å². The van der Waals surface area contributed by atoms with Crippen molar-refractivity contribution >= 4 is 23.2 Å². The third kappa shape index (κ3) is 2.97. The summed E-state index contributed by atoms with van der Waals surface area (Å²) >= 11 is 6.31. The fourth-order valence-electron chi connectivity index (χ4n) is 4.32. The molecule has 0 saturated heterocycles. The Balaban J connectivity index is 1.63. The number of hydrogen-bond donors (Lipinski definition) is 1. The molecule has 1 N–H and O–H groups in total. The minimum Gasteiger partial charge on any atom is -0.480 e. The van der Waals surface area contributed by atoms with Crippen molar-refractivity contribution < 1.29 is 13.5 Å². The summed E-state index contributed by atoms with van der Waals surface area (Å²) in [4.78, 5) is 4.35. The molecule has 8 heteroatoms. The molecule has 2 atom stereocenters. The monoisotopic (exact) mass is 448 g/mol. The zero-order chi connectivity index (χ0) is 21.8. The Morgan fingerprint density at radius 2 is 1.59 bits per heavy atom. The van der Waals surface area contributed by atoms with Crippen molar-refractivity contribution in [2.75, 3.05) is 5.32 Å². The second kappa shape index (κ2) is 7.17. The second-order valence-corrected chi connectivity index (χ2v) is 8.06. The Morgan fingerprint density at radius 3 is 2.31 bits per heavy atom. The number of benzene rings is 3. The van der Waals surface area contributed by atoms with E-state index in [9.17, 15) is 8.78 Å². The molecule has 5 nitrogen and oxygen atoms in total. The van der Waals surface area contributed by atoms with Crippen LogP contribution in [0.2, 0.25) is 5.02 Å². The fraction of sp³-hybridized carbons (Fsp3) is 0.0833. The number of fused-ring (bicyclic) bond motifs is 3. The van der Waals surface area contributed by atoms with Crippen LogP contribution >= 0.6 is 11.6 Å². The summed E-state index contributed by atoms with van der Waals surface area (Å²) < 4.78 is 35.5. The lowest BCUT2D eigenvalue weighted by Gasteiger charge is -2.39. The highest BCUT2D eigenvalue weighted by Crippen LogP contribution is 2.50. The SMILES string of the molecule is Fc1ccc(C2Oc3ccc(Cl)cc3C3=C2C(c2ccc(F)cc2)n2ncnc2N3)cc1. The molecule has 4 aromatic rings. The van der Waals surface area contributed by atoms with Gasteiger partial charge in [-0.15, -0.1) is 0 Å². The number of aromatic nitrogens is 3. The van der Waals surface area contributed by atoms with Gasteiger partial charge >= 0.3 is 0 Å². The van der Waals surface area contributed by atoms with Crippen LogP contribution in [-0.4, -0.2) is 14.8 Å². The maximum absolute atomic E-state index is 13.7. The van der Waals surface area contributed by atoms with Crippen molar-refractivity contribution in [2.45, 2.75) is 12.1 Å². The zero-order valence-corrected chi connectivity index (χ0v) is 17.2. The Kier molecular flexibility index (Phi) is 4.26. The van der Waals surface area contributed by atoms with Gasteiger partial charge in [0.05, 0.1) is 5.70 Å². The van der Waals surface area contributed by atoms with Crippen molar-refractivity contribution in [1.29, 1.82) is 0 Å². The van der Waals surface area contributed by atoms with Crippen molar-refractivity contribution in [2.24, 2.45) is 0 Å². The van der Waals surface area contributed by atoms with E-state index in [0.717, 1.165) is 28.0 Å². The van der Waals surface area contributed by atoms with E-state index < -0.39 is 12.1 Å². The van der Waals surface area contributed by atoms with Crippen molar-refractivity contribution in [3.8, 4) is 5.75 Å². The van der Waals surface area contributed by atoms with Crippen molar-refractivity contribution in [3.05, 3.63) is 112 Å². The van der Waals surface area contributed by atoms with Gasteiger partial charge in [-0.25, -0.2) is 13.5 Å². The maximum atomic E-state index is 13.7. The molecule has 3 heterocycles. The first-order valence-electron chi connectivity index (χ1n) is 9.96. The number of halogens is 3. The summed E-state index contributed by atoms with van der Waals surface area (Å²) in [6.07, 6.45) is 0.920. The first-order valence-corrected chi connectivity index (χ1v) is 10.3. The van der Waals surface area contributed by atoms with Gasteiger partial charge in [0.15, 0.2) is 0 Å². The Morgan fingerprint density at radius 1 is 0.906 bits per heavy atom. The summed E-state index contributed by atoms with van der Waals surface area (Å²) in [5.74, 6) is 0.522. The summed E-state index contributed by atoms with van der Waals surface area (Å²) in [5.41, 5.74) is 4.01. The molecule has 1 aromatic heterocycles. The lowest BCUT2D eigenvalue weighted by atomic mass is 9.84. The summed E-state index contributed by atoms with van der Waals surface area (Å²) in [6, 6.07) is 17.4. The molecule has 0 fully saturated rings. The van der Waals surface area contributed by atoms with Gasteiger partial charge in [-0.1, -0.05) is 35.9 Å². The van der Waals surface area contributed by atoms with Crippen LogP contribution in [0.4, 0.5) is 14.7 Å². The summed E-state index contributed by atoms with van der Waals surface area (Å²) in [7, 11) is 0. The maximum Gasteiger partial charge on any atom is 0.226 e. The van der Waals surface area contributed by atoms with E-state index in [-0.39, 0.29) is 11.6 Å². The van der Waals surface area contributed by atoms with Crippen LogP contribution in [0.15, 0.2) is 78.6 Å². The minimum absolute atomic E-state index is 0.331. The number of hydrogen-bond acceptors (Lipinski definition) is 4.